The molecule has 0 aliphatic heterocycles. The number of aryl methyl sites for hydroxylation is 1. The molecule has 0 radical (unpaired) electrons. The lowest BCUT2D eigenvalue weighted by molar-refractivity contribution is -0.140. The first-order chi connectivity index (χ1) is 10.7. The van der Waals surface area contributed by atoms with Crippen molar-refractivity contribution in [1.82, 2.24) is 9.97 Å². The van der Waals surface area contributed by atoms with Gasteiger partial charge in [0.1, 0.15) is 5.82 Å². The zero-order valence-electron chi connectivity index (χ0n) is 12.9. The van der Waals surface area contributed by atoms with Gasteiger partial charge in [-0.2, -0.15) is 0 Å². The summed E-state index contributed by atoms with van der Waals surface area (Å²) < 4.78 is 4.60. The van der Waals surface area contributed by atoms with Crippen LogP contribution in [0, 0.1) is 0 Å². The Morgan fingerprint density at radius 3 is 2.68 bits per heavy atom. The minimum atomic E-state index is -0.141. The second kappa shape index (κ2) is 8.32. The molecular formula is C17H22N2O3. The number of hydrogen-bond donors (Lipinski definition) is 1. The summed E-state index contributed by atoms with van der Waals surface area (Å²) in [4.78, 5) is 30.2. The lowest BCUT2D eigenvalue weighted by Crippen LogP contribution is -2.11. The maximum Gasteiger partial charge on any atom is 0.305 e. The summed E-state index contributed by atoms with van der Waals surface area (Å²) >= 11 is 0. The fraction of sp³-hybridized carbons (Fsp3) is 0.471. The number of aromatic amines is 1. The number of esters is 1. The quantitative estimate of drug-likeness (QED) is 0.601. The molecule has 0 aliphatic rings. The molecule has 2 rings (SSSR count). The molecule has 0 bridgehead atoms. The smallest absolute Gasteiger partial charge is 0.305 e. The number of carbonyl (C=O) groups is 1. The Balaban J connectivity index is 1.73. The van der Waals surface area contributed by atoms with Crippen LogP contribution in [0.4, 0.5) is 0 Å². The molecule has 2 aromatic rings. The summed E-state index contributed by atoms with van der Waals surface area (Å²) in [6.07, 6.45) is 6.30. The molecule has 1 N–H and O–H groups in total. The highest BCUT2D eigenvalue weighted by Crippen LogP contribution is 2.10. The van der Waals surface area contributed by atoms with E-state index in [0.29, 0.717) is 11.8 Å². The number of H-pyrrole nitrogens is 1. The molecule has 0 spiro atoms. The Kier molecular flexibility index (Phi) is 6.13. The van der Waals surface area contributed by atoms with Crippen molar-refractivity contribution < 1.29 is 9.53 Å². The molecule has 1 aromatic carbocycles. The molecule has 0 amide bonds. The number of nitrogens with zero attached hydrogens (tertiary/aromatic N) is 1. The molecule has 1 aromatic heterocycles. The topological polar surface area (TPSA) is 72.0 Å². The van der Waals surface area contributed by atoms with E-state index in [1.54, 1.807) is 6.07 Å². The van der Waals surface area contributed by atoms with Crippen LogP contribution in [0.1, 0.15) is 44.3 Å². The monoisotopic (exact) mass is 302 g/mol. The number of fused-ring (bicyclic) bond motifs is 1. The van der Waals surface area contributed by atoms with E-state index in [0.717, 1.165) is 49.9 Å². The van der Waals surface area contributed by atoms with E-state index >= 15 is 0 Å². The lowest BCUT2D eigenvalue weighted by Gasteiger charge is -2.03. The SMILES string of the molecule is COC(=O)CCCCCCCc1nc2ccccc2c(=O)[nH]1. The number of benzene rings is 1. The zero-order chi connectivity index (χ0) is 15.8. The molecule has 0 atom stereocenters. The molecular weight excluding hydrogens is 280 g/mol. The molecule has 0 saturated heterocycles. The van der Waals surface area contributed by atoms with Crippen molar-refractivity contribution in [3.05, 3.63) is 40.4 Å². The van der Waals surface area contributed by atoms with Gasteiger partial charge in [0, 0.05) is 12.8 Å². The van der Waals surface area contributed by atoms with Gasteiger partial charge < -0.3 is 9.72 Å². The van der Waals surface area contributed by atoms with E-state index in [4.69, 9.17) is 0 Å². The number of ether oxygens (including phenoxy) is 1. The van der Waals surface area contributed by atoms with Crippen molar-refractivity contribution in [3.8, 4) is 0 Å². The van der Waals surface area contributed by atoms with Crippen LogP contribution in [-0.2, 0) is 16.0 Å². The van der Waals surface area contributed by atoms with Gasteiger partial charge in [-0.3, -0.25) is 9.59 Å². The Morgan fingerprint density at radius 2 is 1.86 bits per heavy atom. The minimum Gasteiger partial charge on any atom is -0.469 e. The van der Waals surface area contributed by atoms with Crippen LogP contribution >= 0.6 is 0 Å². The van der Waals surface area contributed by atoms with Crippen molar-refractivity contribution >= 4 is 16.9 Å². The Morgan fingerprint density at radius 1 is 1.14 bits per heavy atom. The maximum atomic E-state index is 11.9. The number of aromatic nitrogens is 2. The van der Waals surface area contributed by atoms with Crippen LogP contribution in [0.3, 0.4) is 0 Å². The summed E-state index contributed by atoms with van der Waals surface area (Å²) in [6.45, 7) is 0. The van der Waals surface area contributed by atoms with Crippen LogP contribution in [0.5, 0.6) is 0 Å². The zero-order valence-corrected chi connectivity index (χ0v) is 12.9. The molecule has 0 fully saturated rings. The third-order valence-corrected chi connectivity index (χ3v) is 3.68. The first-order valence-electron chi connectivity index (χ1n) is 7.75. The third-order valence-electron chi connectivity index (χ3n) is 3.68. The van der Waals surface area contributed by atoms with Crippen molar-refractivity contribution in [2.75, 3.05) is 7.11 Å². The fourth-order valence-electron chi connectivity index (χ4n) is 2.45. The summed E-state index contributed by atoms with van der Waals surface area (Å²) in [5.41, 5.74) is 0.679. The number of rotatable bonds is 8. The van der Waals surface area contributed by atoms with Crippen LogP contribution in [-0.4, -0.2) is 23.0 Å². The van der Waals surface area contributed by atoms with Crippen LogP contribution in [0.15, 0.2) is 29.1 Å². The normalized spacial score (nSPS) is 10.8. The number of carbonyl (C=O) groups excluding carboxylic acids is 1. The van der Waals surface area contributed by atoms with E-state index in [-0.39, 0.29) is 11.5 Å². The Hall–Kier alpha value is -2.17. The average molecular weight is 302 g/mol. The van der Waals surface area contributed by atoms with Crippen LogP contribution < -0.4 is 5.56 Å². The Bertz CT molecular complexity index is 679. The van der Waals surface area contributed by atoms with Gasteiger partial charge in [0.2, 0.25) is 0 Å². The van der Waals surface area contributed by atoms with E-state index in [9.17, 15) is 9.59 Å². The lowest BCUT2D eigenvalue weighted by atomic mass is 10.1. The predicted molar refractivity (Wildman–Crippen MR) is 85.8 cm³/mol. The molecule has 22 heavy (non-hydrogen) atoms. The largest absolute Gasteiger partial charge is 0.469 e. The van der Waals surface area contributed by atoms with Gasteiger partial charge in [0.25, 0.3) is 5.56 Å². The number of para-hydroxylation sites is 1. The fourth-order valence-corrected chi connectivity index (χ4v) is 2.45. The first-order valence-corrected chi connectivity index (χ1v) is 7.75. The van der Waals surface area contributed by atoms with Gasteiger partial charge in [-0.1, -0.05) is 31.4 Å². The van der Waals surface area contributed by atoms with Gasteiger partial charge >= 0.3 is 5.97 Å². The van der Waals surface area contributed by atoms with E-state index in [2.05, 4.69) is 14.7 Å². The number of methoxy groups -OCH3 is 1. The number of nitrogens with one attached hydrogen (secondary N) is 1. The maximum absolute atomic E-state index is 11.9. The molecule has 118 valence electrons. The van der Waals surface area contributed by atoms with Crippen LogP contribution in [0.2, 0.25) is 0 Å². The number of unbranched alkanes of at least 4 members (excludes halogenated alkanes) is 4. The summed E-state index contributed by atoms with van der Waals surface area (Å²) in [5.74, 6) is 0.608. The van der Waals surface area contributed by atoms with E-state index in [1.807, 2.05) is 18.2 Å². The van der Waals surface area contributed by atoms with Gasteiger partial charge in [-0.15, -0.1) is 0 Å². The molecule has 0 aliphatic carbocycles. The van der Waals surface area contributed by atoms with Gasteiger partial charge in [-0.05, 0) is 25.0 Å². The van der Waals surface area contributed by atoms with Crippen molar-refractivity contribution in [2.45, 2.75) is 44.9 Å². The second-order valence-electron chi connectivity index (χ2n) is 5.37. The summed E-state index contributed by atoms with van der Waals surface area (Å²) in [6, 6.07) is 7.38. The van der Waals surface area contributed by atoms with E-state index < -0.39 is 0 Å². The highest BCUT2D eigenvalue weighted by molar-refractivity contribution is 5.77. The van der Waals surface area contributed by atoms with Gasteiger partial charge in [0.05, 0.1) is 18.0 Å². The van der Waals surface area contributed by atoms with Gasteiger partial charge in [-0.25, -0.2) is 4.98 Å². The molecule has 0 saturated carbocycles. The van der Waals surface area contributed by atoms with Crippen molar-refractivity contribution in [2.24, 2.45) is 0 Å². The highest BCUT2D eigenvalue weighted by atomic mass is 16.5. The van der Waals surface area contributed by atoms with Crippen molar-refractivity contribution in [1.29, 1.82) is 0 Å². The Labute approximate surface area is 129 Å². The third kappa shape index (κ3) is 4.69. The molecule has 0 unspecified atom stereocenters. The van der Waals surface area contributed by atoms with E-state index in [1.165, 1.54) is 7.11 Å². The minimum absolute atomic E-state index is 0.0707. The second-order valence-corrected chi connectivity index (χ2v) is 5.37. The van der Waals surface area contributed by atoms with Crippen molar-refractivity contribution in [3.63, 3.8) is 0 Å². The predicted octanol–water partition coefficient (Wildman–Crippen LogP) is 2.98. The standard InChI is InChI=1S/C17H22N2O3/c1-22-16(20)12-6-4-2-3-5-11-15-18-14-10-8-7-9-13(14)17(21)19-15/h7-10H,2-6,11-12H2,1H3,(H,18,19,21). The summed E-state index contributed by atoms with van der Waals surface area (Å²) in [7, 11) is 1.42. The number of hydrogen-bond acceptors (Lipinski definition) is 4. The average Bonchev–Trinajstić information content (AvgIpc) is 2.53. The van der Waals surface area contributed by atoms with Crippen LogP contribution in [0.25, 0.3) is 10.9 Å². The molecule has 5 nitrogen and oxygen atoms in total. The highest BCUT2D eigenvalue weighted by Gasteiger charge is 2.03. The molecule has 5 heteroatoms. The first kappa shape index (κ1) is 16.2. The summed E-state index contributed by atoms with van der Waals surface area (Å²) in [5, 5.41) is 0.633. The van der Waals surface area contributed by atoms with Gasteiger partial charge in [0.15, 0.2) is 0 Å². The molecule has 1 heterocycles.